The number of ketones is 1. The van der Waals surface area contributed by atoms with E-state index in [0.29, 0.717) is 5.78 Å². The first-order chi connectivity index (χ1) is 9.27. The van der Waals surface area contributed by atoms with E-state index in [2.05, 4.69) is 27.3 Å². The van der Waals surface area contributed by atoms with E-state index >= 15 is 0 Å². The van der Waals surface area contributed by atoms with Gasteiger partial charge in [-0.3, -0.25) is 4.79 Å². The lowest BCUT2D eigenvalue weighted by atomic mass is 9.87. The predicted molar refractivity (Wildman–Crippen MR) is 81.6 cm³/mol. The van der Waals surface area contributed by atoms with Crippen LogP contribution in [-0.2, 0) is 0 Å². The van der Waals surface area contributed by atoms with Gasteiger partial charge in [0.1, 0.15) is 0 Å². The van der Waals surface area contributed by atoms with Gasteiger partial charge in [0.15, 0.2) is 5.78 Å². The Morgan fingerprint density at radius 1 is 1.05 bits per heavy atom. The maximum atomic E-state index is 12.7. The number of piperidine rings is 1. The summed E-state index contributed by atoms with van der Waals surface area (Å²) in [6.45, 7) is 1.90. The molecule has 2 aromatic rings. The minimum atomic E-state index is 0.172. The highest BCUT2D eigenvalue weighted by atomic mass is 79.9. The van der Waals surface area contributed by atoms with Crippen molar-refractivity contribution in [3.63, 3.8) is 0 Å². The average molecular weight is 318 g/mol. The second-order valence-electron chi connectivity index (χ2n) is 5.03. The summed E-state index contributed by atoms with van der Waals surface area (Å²) in [6, 6.07) is 12.0. The lowest BCUT2D eigenvalue weighted by Gasteiger charge is -2.22. The fourth-order valence-corrected chi connectivity index (χ4v) is 3.26. The molecule has 19 heavy (non-hydrogen) atoms. The van der Waals surface area contributed by atoms with Gasteiger partial charge < -0.3 is 5.32 Å². The van der Waals surface area contributed by atoms with Crippen LogP contribution in [0.5, 0.6) is 0 Å². The smallest absolute Gasteiger partial charge is 0.166 e. The molecule has 0 saturated carbocycles. The fourth-order valence-electron chi connectivity index (χ4n) is 2.78. The standard InChI is InChI=1S/C16H16BrNO/c17-15-6-5-14(12-3-1-2-4-13(12)15)16(19)11-7-9-18-10-8-11/h1-6,11,18H,7-10H2. The number of benzene rings is 2. The molecule has 1 heterocycles. The molecule has 0 unspecified atom stereocenters. The summed E-state index contributed by atoms with van der Waals surface area (Å²) in [5.74, 6) is 0.469. The summed E-state index contributed by atoms with van der Waals surface area (Å²) >= 11 is 3.55. The number of hydrogen-bond donors (Lipinski definition) is 1. The first-order valence-corrected chi connectivity index (χ1v) is 7.49. The molecule has 3 rings (SSSR count). The summed E-state index contributed by atoms with van der Waals surface area (Å²) in [4.78, 5) is 12.7. The molecular formula is C16H16BrNO. The quantitative estimate of drug-likeness (QED) is 0.854. The van der Waals surface area contributed by atoms with Crippen molar-refractivity contribution in [2.75, 3.05) is 13.1 Å². The third-order valence-corrected chi connectivity index (χ3v) is 4.54. The number of carbonyl (C=O) groups is 1. The minimum Gasteiger partial charge on any atom is -0.317 e. The van der Waals surface area contributed by atoms with Crippen LogP contribution in [-0.4, -0.2) is 18.9 Å². The van der Waals surface area contributed by atoms with Crippen LogP contribution in [0.3, 0.4) is 0 Å². The lowest BCUT2D eigenvalue weighted by Crippen LogP contribution is -2.31. The molecule has 2 aromatic carbocycles. The maximum absolute atomic E-state index is 12.7. The van der Waals surface area contributed by atoms with Crippen molar-refractivity contribution in [2.45, 2.75) is 12.8 Å². The Morgan fingerprint density at radius 3 is 2.47 bits per heavy atom. The number of hydrogen-bond acceptors (Lipinski definition) is 2. The van der Waals surface area contributed by atoms with Crippen LogP contribution < -0.4 is 5.32 Å². The molecule has 3 heteroatoms. The van der Waals surface area contributed by atoms with E-state index in [0.717, 1.165) is 46.7 Å². The van der Waals surface area contributed by atoms with Crippen LogP contribution in [0.2, 0.25) is 0 Å². The first-order valence-electron chi connectivity index (χ1n) is 6.69. The minimum absolute atomic E-state index is 0.172. The molecule has 1 aliphatic rings. The topological polar surface area (TPSA) is 29.1 Å². The van der Waals surface area contributed by atoms with Crippen LogP contribution in [0.15, 0.2) is 40.9 Å². The summed E-state index contributed by atoms with van der Waals surface area (Å²) in [5, 5.41) is 5.48. The van der Waals surface area contributed by atoms with Crippen molar-refractivity contribution < 1.29 is 4.79 Å². The van der Waals surface area contributed by atoms with Gasteiger partial charge >= 0.3 is 0 Å². The normalized spacial score (nSPS) is 16.7. The van der Waals surface area contributed by atoms with E-state index < -0.39 is 0 Å². The van der Waals surface area contributed by atoms with Crippen molar-refractivity contribution in [3.8, 4) is 0 Å². The summed E-state index contributed by atoms with van der Waals surface area (Å²) < 4.78 is 1.05. The average Bonchev–Trinajstić information content (AvgIpc) is 2.48. The molecule has 2 nitrogen and oxygen atoms in total. The van der Waals surface area contributed by atoms with Gasteiger partial charge in [-0.05, 0) is 48.8 Å². The van der Waals surface area contributed by atoms with E-state index in [9.17, 15) is 4.79 Å². The Morgan fingerprint density at radius 2 is 1.74 bits per heavy atom. The molecule has 0 radical (unpaired) electrons. The number of fused-ring (bicyclic) bond motifs is 1. The Kier molecular flexibility index (Phi) is 3.67. The zero-order chi connectivity index (χ0) is 13.2. The van der Waals surface area contributed by atoms with Gasteiger partial charge in [-0.2, -0.15) is 0 Å². The van der Waals surface area contributed by atoms with Crippen LogP contribution >= 0.6 is 15.9 Å². The SMILES string of the molecule is O=C(c1ccc(Br)c2ccccc12)C1CCNCC1. The van der Waals surface area contributed by atoms with E-state index in [4.69, 9.17) is 0 Å². The van der Waals surface area contributed by atoms with Crippen molar-refractivity contribution in [1.82, 2.24) is 5.32 Å². The highest BCUT2D eigenvalue weighted by Gasteiger charge is 2.23. The molecule has 1 saturated heterocycles. The van der Waals surface area contributed by atoms with Crippen molar-refractivity contribution in [1.29, 1.82) is 0 Å². The Hall–Kier alpha value is -1.19. The van der Waals surface area contributed by atoms with Gasteiger partial charge in [-0.25, -0.2) is 0 Å². The summed E-state index contributed by atoms with van der Waals surface area (Å²) in [7, 11) is 0. The van der Waals surface area contributed by atoms with Crippen LogP contribution in [0.4, 0.5) is 0 Å². The summed E-state index contributed by atoms with van der Waals surface area (Å²) in [5.41, 5.74) is 0.866. The molecule has 0 spiro atoms. The van der Waals surface area contributed by atoms with Crippen molar-refractivity contribution in [3.05, 3.63) is 46.4 Å². The molecule has 0 aromatic heterocycles. The van der Waals surface area contributed by atoms with Gasteiger partial charge in [0, 0.05) is 16.0 Å². The third-order valence-electron chi connectivity index (χ3n) is 3.85. The lowest BCUT2D eigenvalue weighted by molar-refractivity contribution is 0.0897. The zero-order valence-electron chi connectivity index (χ0n) is 10.7. The molecule has 0 bridgehead atoms. The van der Waals surface area contributed by atoms with E-state index in [1.807, 2.05) is 30.3 Å². The monoisotopic (exact) mass is 317 g/mol. The zero-order valence-corrected chi connectivity index (χ0v) is 12.2. The molecule has 0 atom stereocenters. The van der Waals surface area contributed by atoms with E-state index in [1.165, 1.54) is 0 Å². The molecule has 0 aliphatic carbocycles. The van der Waals surface area contributed by atoms with Gasteiger partial charge in [0.05, 0.1) is 0 Å². The molecule has 98 valence electrons. The first kappa shape index (κ1) is 12.8. The Labute approximate surface area is 121 Å². The number of nitrogens with one attached hydrogen (secondary N) is 1. The van der Waals surface area contributed by atoms with Crippen molar-refractivity contribution >= 4 is 32.5 Å². The van der Waals surface area contributed by atoms with Crippen LogP contribution in [0.25, 0.3) is 10.8 Å². The highest BCUT2D eigenvalue weighted by molar-refractivity contribution is 9.10. The Bertz CT molecular complexity index is 617. The highest BCUT2D eigenvalue weighted by Crippen LogP contribution is 2.29. The molecule has 0 amide bonds. The Balaban J connectivity index is 2.05. The second-order valence-corrected chi connectivity index (χ2v) is 5.88. The predicted octanol–water partition coefficient (Wildman–Crippen LogP) is 3.78. The maximum Gasteiger partial charge on any atom is 0.166 e. The molecule has 1 fully saturated rings. The number of halogens is 1. The van der Waals surface area contributed by atoms with Gasteiger partial charge in [-0.15, -0.1) is 0 Å². The van der Waals surface area contributed by atoms with Crippen LogP contribution in [0.1, 0.15) is 23.2 Å². The van der Waals surface area contributed by atoms with Crippen molar-refractivity contribution in [2.24, 2.45) is 5.92 Å². The largest absolute Gasteiger partial charge is 0.317 e. The number of Topliss-reactive ketones (excluding diaryl/α,β-unsaturated/α-hetero) is 1. The molecular weight excluding hydrogens is 302 g/mol. The molecule has 1 aliphatic heterocycles. The molecule has 1 N–H and O–H groups in total. The van der Waals surface area contributed by atoms with Gasteiger partial charge in [0.25, 0.3) is 0 Å². The number of carbonyl (C=O) groups excluding carboxylic acids is 1. The fraction of sp³-hybridized carbons (Fsp3) is 0.312. The van der Waals surface area contributed by atoms with Gasteiger partial charge in [0.2, 0.25) is 0 Å². The summed E-state index contributed by atoms with van der Waals surface area (Å²) in [6.07, 6.45) is 1.90. The van der Waals surface area contributed by atoms with Crippen LogP contribution in [0, 0.1) is 5.92 Å². The third kappa shape index (κ3) is 2.45. The number of rotatable bonds is 2. The second kappa shape index (κ2) is 5.43. The van der Waals surface area contributed by atoms with E-state index in [1.54, 1.807) is 0 Å². The van der Waals surface area contributed by atoms with E-state index in [-0.39, 0.29) is 5.92 Å². The van der Waals surface area contributed by atoms with Gasteiger partial charge in [-0.1, -0.05) is 40.2 Å².